The quantitative estimate of drug-likeness (QED) is 0.852. The molecule has 0 saturated heterocycles. The first-order valence-electron chi connectivity index (χ1n) is 6.28. The Morgan fingerprint density at radius 2 is 2.12 bits per heavy atom. The maximum atomic E-state index is 13.6. The third kappa shape index (κ3) is 4.43. The predicted octanol–water partition coefficient (Wildman–Crippen LogP) is 3.18. The number of pyridine rings is 1. The van der Waals surface area contributed by atoms with Gasteiger partial charge in [0.25, 0.3) is 0 Å². The monoisotopic (exact) mass is 238 g/mol. The van der Waals surface area contributed by atoms with E-state index in [9.17, 15) is 4.39 Å². The van der Waals surface area contributed by atoms with Gasteiger partial charge in [-0.2, -0.15) is 0 Å². The fourth-order valence-electron chi connectivity index (χ4n) is 1.77. The van der Waals surface area contributed by atoms with Crippen LogP contribution in [0.2, 0.25) is 0 Å². The minimum atomic E-state index is -0.208. The Morgan fingerprint density at radius 3 is 2.65 bits per heavy atom. The summed E-state index contributed by atoms with van der Waals surface area (Å²) in [7, 11) is 0. The summed E-state index contributed by atoms with van der Waals surface area (Å²) in [5, 5.41) is 3.48. The molecule has 0 spiro atoms. The second kappa shape index (κ2) is 6.10. The van der Waals surface area contributed by atoms with Crippen molar-refractivity contribution in [3.8, 4) is 0 Å². The molecule has 2 nitrogen and oxygen atoms in total. The lowest BCUT2D eigenvalue weighted by Gasteiger charge is -2.31. The van der Waals surface area contributed by atoms with Crippen LogP contribution in [-0.4, -0.2) is 17.6 Å². The Morgan fingerprint density at radius 1 is 1.41 bits per heavy atom. The largest absolute Gasteiger partial charge is 0.313 e. The molecule has 1 heterocycles. The molecule has 1 unspecified atom stereocenters. The third-order valence-corrected chi connectivity index (χ3v) is 2.92. The van der Waals surface area contributed by atoms with Crippen LogP contribution < -0.4 is 5.32 Å². The average molecular weight is 238 g/mol. The molecule has 1 rings (SSSR count). The van der Waals surface area contributed by atoms with Gasteiger partial charge < -0.3 is 5.32 Å². The summed E-state index contributed by atoms with van der Waals surface area (Å²) in [5.74, 6) is -0.208. The van der Waals surface area contributed by atoms with Gasteiger partial charge in [0.2, 0.25) is 0 Å². The van der Waals surface area contributed by atoms with E-state index in [1.165, 1.54) is 6.07 Å². The highest BCUT2D eigenvalue weighted by Gasteiger charge is 2.25. The zero-order chi connectivity index (χ0) is 12.9. The van der Waals surface area contributed by atoms with Crippen molar-refractivity contribution in [1.29, 1.82) is 0 Å². The predicted molar refractivity (Wildman–Crippen MR) is 69.4 cm³/mol. The van der Waals surface area contributed by atoms with Gasteiger partial charge in [0.15, 0.2) is 0 Å². The number of nitrogens with zero attached hydrogens (tertiary/aromatic N) is 1. The molecular weight excluding hydrogens is 215 g/mol. The van der Waals surface area contributed by atoms with E-state index < -0.39 is 0 Å². The summed E-state index contributed by atoms with van der Waals surface area (Å²) < 4.78 is 13.6. The summed E-state index contributed by atoms with van der Waals surface area (Å²) >= 11 is 0. The highest BCUT2D eigenvalue weighted by atomic mass is 19.1. The van der Waals surface area contributed by atoms with Crippen molar-refractivity contribution in [2.24, 2.45) is 5.41 Å². The Hall–Kier alpha value is -0.960. The van der Waals surface area contributed by atoms with Crippen molar-refractivity contribution in [1.82, 2.24) is 10.3 Å². The summed E-state index contributed by atoms with van der Waals surface area (Å²) in [4.78, 5) is 4.12. The van der Waals surface area contributed by atoms with Crippen molar-refractivity contribution >= 4 is 0 Å². The van der Waals surface area contributed by atoms with Crippen molar-refractivity contribution < 1.29 is 4.39 Å². The molecule has 0 radical (unpaired) electrons. The number of rotatable bonds is 5. The maximum absolute atomic E-state index is 13.6. The highest BCUT2D eigenvalue weighted by molar-refractivity contribution is 5.09. The van der Waals surface area contributed by atoms with Gasteiger partial charge in [-0.25, -0.2) is 4.39 Å². The van der Waals surface area contributed by atoms with Crippen LogP contribution in [0.4, 0.5) is 4.39 Å². The molecule has 0 saturated carbocycles. The van der Waals surface area contributed by atoms with Crippen molar-refractivity contribution in [3.05, 3.63) is 29.8 Å². The standard InChI is InChI=1S/C14H23FN2/c1-5-8-17-13(14(2,3)4)10-12-11(15)7-6-9-16-12/h6-7,9,13,17H,5,8,10H2,1-4H3. The molecule has 0 bridgehead atoms. The van der Waals surface area contributed by atoms with Gasteiger partial charge in [-0.1, -0.05) is 27.7 Å². The normalized spacial score (nSPS) is 13.7. The van der Waals surface area contributed by atoms with Gasteiger partial charge in [-0.05, 0) is 30.5 Å². The zero-order valence-corrected chi connectivity index (χ0v) is 11.3. The molecule has 1 atom stereocenters. The fraction of sp³-hybridized carbons (Fsp3) is 0.643. The molecule has 1 aromatic rings. The zero-order valence-electron chi connectivity index (χ0n) is 11.3. The number of hydrogen-bond acceptors (Lipinski definition) is 2. The van der Waals surface area contributed by atoms with Crippen molar-refractivity contribution in [2.75, 3.05) is 6.54 Å². The van der Waals surface area contributed by atoms with E-state index in [1.807, 2.05) is 0 Å². The van der Waals surface area contributed by atoms with Crippen molar-refractivity contribution in [3.63, 3.8) is 0 Å². The van der Waals surface area contributed by atoms with Gasteiger partial charge >= 0.3 is 0 Å². The van der Waals surface area contributed by atoms with Gasteiger partial charge in [0, 0.05) is 18.7 Å². The number of hydrogen-bond donors (Lipinski definition) is 1. The lowest BCUT2D eigenvalue weighted by atomic mass is 9.84. The van der Waals surface area contributed by atoms with E-state index in [0.717, 1.165) is 13.0 Å². The molecule has 0 aliphatic rings. The van der Waals surface area contributed by atoms with Crippen LogP contribution in [0.25, 0.3) is 0 Å². The van der Waals surface area contributed by atoms with E-state index in [2.05, 4.69) is 38.0 Å². The fourth-order valence-corrected chi connectivity index (χ4v) is 1.77. The first-order chi connectivity index (χ1) is 7.95. The summed E-state index contributed by atoms with van der Waals surface area (Å²) in [5.41, 5.74) is 0.648. The first-order valence-corrected chi connectivity index (χ1v) is 6.28. The molecular formula is C14H23FN2. The molecule has 0 amide bonds. The van der Waals surface area contributed by atoms with Crippen LogP contribution in [0.15, 0.2) is 18.3 Å². The van der Waals surface area contributed by atoms with E-state index >= 15 is 0 Å². The minimum Gasteiger partial charge on any atom is -0.313 e. The molecule has 1 aromatic heterocycles. The maximum Gasteiger partial charge on any atom is 0.144 e. The Balaban J connectivity index is 2.76. The molecule has 0 aliphatic carbocycles. The Labute approximate surface area is 104 Å². The van der Waals surface area contributed by atoms with Gasteiger partial charge in [-0.3, -0.25) is 4.98 Å². The van der Waals surface area contributed by atoms with Crippen LogP contribution >= 0.6 is 0 Å². The molecule has 0 aromatic carbocycles. The number of halogens is 1. The lowest BCUT2D eigenvalue weighted by molar-refractivity contribution is 0.263. The summed E-state index contributed by atoms with van der Waals surface area (Å²) in [6, 6.07) is 3.35. The van der Waals surface area contributed by atoms with Crippen LogP contribution in [0.3, 0.4) is 0 Å². The van der Waals surface area contributed by atoms with E-state index in [0.29, 0.717) is 12.1 Å². The molecule has 3 heteroatoms. The van der Waals surface area contributed by atoms with Crippen LogP contribution in [-0.2, 0) is 6.42 Å². The van der Waals surface area contributed by atoms with Gasteiger partial charge in [0.1, 0.15) is 5.82 Å². The Kier molecular flexibility index (Phi) is 5.06. The van der Waals surface area contributed by atoms with E-state index in [4.69, 9.17) is 0 Å². The second-order valence-corrected chi connectivity index (χ2v) is 5.51. The topological polar surface area (TPSA) is 24.9 Å². The molecule has 0 aliphatic heterocycles. The average Bonchev–Trinajstić information content (AvgIpc) is 2.25. The number of nitrogens with one attached hydrogen (secondary N) is 1. The molecule has 96 valence electrons. The molecule has 1 N–H and O–H groups in total. The molecule has 0 fully saturated rings. The smallest absolute Gasteiger partial charge is 0.144 e. The third-order valence-electron chi connectivity index (χ3n) is 2.92. The SMILES string of the molecule is CCCNC(Cc1ncccc1F)C(C)(C)C. The van der Waals surface area contributed by atoms with Crippen LogP contribution in [0.1, 0.15) is 39.8 Å². The van der Waals surface area contributed by atoms with Crippen LogP contribution in [0, 0.1) is 11.2 Å². The summed E-state index contributed by atoms with van der Waals surface area (Å²) in [6.45, 7) is 9.59. The van der Waals surface area contributed by atoms with Gasteiger partial charge in [0.05, 0.1) is 5.69 Å². The molecule has 17 heavy (non-hydrogen) atoms. The lowest BCUT2D eigenvalue weighted by Crippen LogP contribution is -2.42. The summed E-state index contributed by atoms with van der Waals surface area (Å²) in [6.07, 6.45) is 3.37. The van der Waals surface area contributed by atoms with E-state index in [1.54, 1.807) is 12.3 Å². The first kappa shape index (κ1) is 14.1. The van der Waals surface area contributed by atoms with E-state index in [-0.39, 0.29) is 17.3 Å². The number of aromatic nitrogens is 1. The van der Waals surface area contributed by atoms with Gasteiger partial charge in [-0.15, -0.1) is 0 Å². The highest BCUT2D eigenvalue weighted by Crippen LogP contribution is 2.22. The van der Waals surface area contributed by atoms with Crippen LogP contribution in [0.5, 0.6) is 0 Å². The second-order valence-electron chi connectivity index (χ2n) is 5.51. The Bertz CT molecular complexity index is 344. The van der Waals surface area contributed by atoms with Crippen molar-refractivity contribution in [2.45, 2.75) is 46.6 Å². The minimum absolute atomic E-state index is 0.0964.